The van der Waals surface area contributed by atoms with Gasteiger partial charge in [-0.2, -0.15) is 0 Å². The molecule has 0 aromatic heterocycles. The van der Waals surface area contributed by atoms with Crippen molar-refractivity contribution in [2.75, 3.05) is 7.11 Å². The maximum absolute atomic E-state index is 11.4. The normalized spacial score (nSPS) is 13.9. The summed E-state index contributed by atoms with van der Waals surface area (Å²) in [6.45, 7) is 1.44. The van der Waals surface area contributed by atoms with Gasteiger partial charge in [0.1, 0.15) is 5.54 Å². The number of benzene rings is 1. The van der Waals surface area contributed by atoms with E-state index in [-0.39, 0.29) is 5.69 Å². The van der Waals surface area contributed by atoms with Crippen molar-refractivity contribution in [1.29, 1.82) is 0 Å². The zero-order valence-electron chi connectivity index (χ0n) is 8.97. The van der Waals surface area contributed by atoms with Gasteiger partial charge in [-0.3, -0.25) is 10.1 Å². The first-order chi connectivity index (χ1) is 7.39. The van der Waals surface area contributed by atoms with Crippen LogP contribution in [0.15, 0.2) is 24.3 Å². The lowest BCUT2D eigenvalue weighted by molar-refractivity contribution is -0.384. The number of non-ortho nitro benzene ring substituents is 1. The Morgan fingerprint density at radius 3 is 2.69 bits per heavy atom. The highest BCUT2D eigenvalue weighted by Crippen LogP contribution is 2.23. The van der Waals surface area contributed by atoms with Crippen LogP contribution in [0.1, 0.15) is 12.5 Å². The number of hydrogen-bond acceptors (Lipinski definition) is 5. The Balaban J connectivity index is 3.18. The van der Waals surface area contributed by atoms with Gasteiger partial charge in [0.25, 0.3) is 5.69 Å². The standard InChI is InChI=1S/C10H12N2O4/c1-10(11,9(13)16-2)7-4-3-5-8(6-7)12(14)15/h3-6H,11H2,1-2H3/t10-/m0/s1. The predicted molar refractivity (Wildman–Crippen MR) is 56.7 cm³/mol. The topological polar surface area (TPSA) is 95.5 Å². The summed E-state index contributed by atoms with van der Waals surface area (Å²) in [6, 6.07) is 5.61. The highest BCUT2D eigenvalue weighted by atomic mass is 16.6. The molecule has 0 aliphatic rings. The van der Waals surface area contributed by atoms with Gasteiger partial charge in [0.2, 0.25) is 0 Å². The molecule has 16 heavy (non-hydrogen) atoms. The molecule has 0 aliphatic carbocycles. The fourth-order valence-electron chi connectivity index (χ4n) is 1.27. The molecule has 2 N–H and O–H groups in total. The van der Waals surface area contributed by atoms with Crippen LogP contribution in [0.3, 0.4) is 0 Å². The molecule has 0 radical (unpaired) electrons. The summed E-state index contributed by atoms with van der Waals surface area (Å²) in [5.41, 5.74) is 4.60. The van der Waals surface area contributed by atoms with E-state index < -0.39 is 16.4 Å². The molecule has 1 aromatic carbocycles. The van der Waals surface area contributed by atoms with Crippen LogP contribution >= 0.6 is 0 Å². The van der Waals surface area contributed by atoms with E-state index in [1.54, 1.807) is 6.07 Å². The van der Waals surface area contributed by atoms with Crippen LogP contribution < -0.4 is 5.73 Å². The molecule has 0 amide bonds. The number of carbonyl (C=O) groups is 1. The quantitative estimate of drug-likeness (QED) is 0.468. The Kier molecular flexibility index (Phi) is 3.24. The van der Waals surface area contributed by atoms with Gasteiger partial charge >= 0.3 is 5.97 Å². The Morgan fingerprint density at radius 2 is 2.19 bits per heavy atom. The van der Waals surface area contributed by atoms with Crippen LogP contribution in [0.25, 0.3) is 0 Å². The summed E-state index contributed by atoms with van der Waals surface area (Å²) in [5, 5.41) is 10.6. The highest BCUT2D eigenvalue weighted by Gasteiger charge is 2.32. The molecule has 0 fully saturated rings. The molecule has 1 atom stereocenters. The maximum Gasteiger partial charge on any atom is 0.330 e. The number of esters is 1. The van der Waals surface area contributed by atoms with Gasteiger partial charge in [0.05, 0.1) is 12.0 Å². The summed E-state index contributed by atoms with van der Waals surface area (Å²) in [7, 11) is 1.21. The fourth-order valence-corrected chi connectivity index (χ4v) is 1.27. The Morgan fingerprint density at radius 1 is 1.56 bits per heavy atom. The van der Waals surface area contributed by atoms with Crippen molar-refractivity contribution in [2.45, 2.75) is 12.5 Å². The van der Waals surface area contributed by atoms with Crippen LogP contribution in [-0.2, 0) is 15.1 Å². The van der Waals surface area contributed by atoms with E-state index in [1.807, 2.05) is 0 Å². The zero-order chi connectivity index (χ0) is 12.3. The molecule has 0 heterocycles. The lowest BCUT2D eigenvalue weighted by atomic mass is 9.93. The second-order valence-corrected chi connectivity index (χ2v) is 3.50. The molecule has 1 aromatic rings. The minimum Gasteiger partial charge on any atom is -0.467 e. The lowest BCUT2D eigenvalue weighted by Gasteiger charge is -2.21. The number of nitro groups is 1. The van der Waals surface area contributed by atoms with Crippen molar-refractivity contribution < 1.29 is 14.5 Å². The largest absolute Gasteiger partial charge is 0.467 e. The maximum atomic E-state index is 11.4. The number of rotatable bonds is 3. The third kappa shape index (κ3) is 2.17. The van der Waals surface area contributed by atoms with Crippen LogP contribution in [0, 0.1) is 10.1 Å². The van der Waals surface area contributed by atoms with E-state index in [2.05, 4.69) is 4.74 Å². The Labute approximate surface area is 92.2 Å². The number of hydrogen-bond donors (Lipinski definition) is 1. The average molecular weight is 224 g/mol. The number of ether oxygens (including phenoxy) is 1. The van der Waals surface area contributed by atoms with E-state index in [1.165, 1.54) is 32.2 Å². The van der Waals surface area contributed by atoms with Crippen molar-refractivity contribution in [3.05, 3.63) is 39.9 Å². The summed E-state index contributed by atoms with van der Waals surface area (Å²) in [4.78, 5) is 21.4. The first kappa shape index (κ1) is 12.1. The van der Waals surface area contributed by atoms with Crippen molar-refractivity contribution in [1.82, 2.24) is 0 Å². The smallest absolute Gasteiger partial charge is 0.330 e. The molecule has 0 spiro atoms. The number of carbonyl (C=O) groups excluding carboxylic acids is 1. The molecule has 0 unspecified atom stereocenters. The summed E-state index contributed by atoms with van der Waals surface area (Å²) >= 11 is 0. The lowest BCUT2D eigenvalue weighted by Crippen LogP contribution is -2.42. The van der Waals surface area contributed by atoms with Gasteiger partial charge < -0.3 is 10.5 Å². The second-order valence-electron chi connectivity index (χ2n) is 3.50. The Hall–Kier alpha value is -1.95. The number of nitrogens with two attached hydrogens (primary N) is 1. The van der Waals surface area contributed by atoms with Crippen molar-refractivity contribution >= 4 is 11.7 Å². The minimum atomic E-state index is -1.39. The monoisotopic (exact) mass is 224 g/mol. The molecule has 0 aliphatic heterocycles. The van der Waals surface area contributed by atoms with Crippen molar-refractivity contribution in [2.24, 2.45) is 5.73 Å². The van der Waals surface area contributed by atoms with E-state index in [4.69, 9.17) is 5.73 Å². The van der Waals surface area contributed by atoms with Gasteiger partial charge in [-0.1, -0.05) is 12.1 Å². The van der Waals surface area contributed by atoms with Gasteiger partial charge in [-0.05, 0) is 12.5 Å². The summed E-state index contributed by atoms with van der Waals surface area (Å²) in [6.07, 6.45) is 0. The van der Waals surface area contributed by atoms with Crippen LogP contribution in [0.2, 0.25) is 0 Å². The molecule has 86 valence electrons. The summed E-state index contributed by atoms with van der Waals surface area (Å²) in [5.74, 6) is -0.645. The Bertz CT molecular complexity index is 429. The zero-order valence-corrected chi connectivity index (χ0v) is 8.97. The third-order valence-corrected chi connectivity index (χ3v) is 2.27. The number of nitro benzene ring substituents is 1. The molecule has 6 nitrogen and oxygen atoms in total. The third-order valence-electron chi connectivity index (χ3n) is 2.27. The van der Waals surface area contributed by atoms with Gasteiger partial charge in [-0.15, -0.1) is 0 Å². The predicted octanol–water partition coefficient (Wildman–Crippen LogP) is 0.942. The number of methoxy groups -OCH3 is 1. The minimum absolute atomic E-state index is 0.113. The fraction of sp³-hybridized carbons (Fsp3) is 0.300. The SMILES string of the molecule is COC(=O)[C@@](C)(N)c1cccc([N+](=O)[O-])c1. The highest BCUT2D eigenvalue weighted by molar-refractivity contribution is 5.81. The van der Waals surface area contributed by atoms with E-state index in [0.29, 0.717) is 5.56 Å². The first-order valence-corrected chi connectivity index (χ1v) is 4.52. The molecule has 0 bridgehead atoms. The van der Waals surface area contributed by atoms with Gasteiger partial charge in [-0.25, -0.2) is 4.79 Å². The summed E-state index contributed by atoms with van der Waals surface area (Å²) < 4.78 is 4.54. The van der Waals surface area contributed by atoms with E-state index in [0.717, 1.165) is 0 Å². The number of nitrogens with zero attached hydrogens (tertiary/aromatic N) is 1. The molecular weight excluding hydrogens is 212 g/mol. The van der Waals surface area contributed by atoms with E-state index in [9.17, 15) is 14.9 Å². The van der Waals surface area contributed by atoms with Crippen LogP contribution in [-0.4, -0.2) is 18.0 Å². The van der Waals surface area contributed by atoms with E-state index >= 15 is 0 Å². The van der Waals surface area contributed by atoms with Gasteiger partial charge in [0.15, 0.2) is 0 Å². The second kappa shape index (κ2) is 4.28. The van der Waals surface area contributed by atoms with Gasteiger partial charge in [0, 0.05) is 12.1 Å². The average Bonchev–Trinajstić information content (AvgIpc) is 2.28. The molecule has 0 saturated carbocycles. The molecule has 0 saturated heterocycles. The van der Waals surface area contributed by atoms with Crippen LogP contribution in [0.5, 0.6) is 0 Å². The molecular formula is C10H12N2O4. The van der Waals surface area contributed by atoms with Crippen molar-refractivity contribution in [3.63, 3.8) is 0 Å². The molecule has 1 rings (SSSR count). The van der Waals surface area contributed by atoms with Crippen molar-refractivity contribution in [3.8, 4) is 0 Å². The molecule has 6 heteroatoms. The van der Waals surface area contributed by atoms with Crippen LogP contribution in [0.4, 0.5) is 5.69 Å². The first-order valence-electron chi connectivity index (χ1n) is 4.52.